The van der Waals surface area contributed by atoms with E-state index < -0.39 is 12.4 Å². The van der Waals surface area contributed by atoms with Gasteiger partial charge in [0.15, 0.2) is 0 Å². The van der Waals surface area contributed by atoms with Crippen LogP contribution in [0.3, 0.4) is 0 Å². The van der Waals surface area contributed by atoms with Crippen LogP contribution in [-0.2, 0) is 16.0 Å². The molecule has 0 aliphatic rings. The lowest BCUT2D eigenvalue weighted by Crippen LogP contribution is -2.07. The molecule has 0 atom stereocenters. The number of aromatic nitrogens is 1. The highest BCUT2D eigenvalue weighted by Crippen LogP contribution is 2.29. The van der Waals surface area contributed by atoms with E-state index in [2.05, 4.69) is 25.7 Å². The summed E-state index contributed by atoms with van der Waals surface area (Å²) in [4.78, 5) is 14.8. The molecule has 0 spiro atoms. The Labute approximate surface area is 93.6 Å². The summed E-state index contributed by atoms with van der Waals surface area (Å²) in [5.74, 6) is -0.519. The molecule has 1 rings (SSSR count). The lowest BCUT2D eigenvalue weighted by Gasteiger charge is -2.07. The third kappa shape index (κ3) is 2.95. The van der Waals surface area contributed by atoms with Crippen molar-refractivity contribution < 1.29 is 18.3 Å². The first-order valence-electron chi connectivity index (χ1n) is 4.04. The van der Waals surface area contributed by atoms with Crippen LogP contribution >= 0.6 is 15.9 Å². The fraction of sp³-hybridized carbons (Fsp3) is 0.333. The maximum Gasteiger partial charge on any atom is 0.311 e. The van der Waals surface area contributed by atoms with Gasteiger partial charge < -0.3 is 4.74 Å². The van der Waals surface area contributed by atoms with Crippen molar-refractivity contribution in [1.29, 1.82) is 0 Å². The third-order valence-corrected chi connectivity index (χ3v) is 2.68. The van der Waals surface area contributed by atoms with E-state index in [1.807, 2.05) is 0 Å². The van der Waals surface area contributed by atoms with Crippen LogP contribution in [0.1, 0.15) is 17.7 Å². The van der Waals surface area contributed by atoms with E-state index in [-0.39, 0.29) is 22.2 Å². The maximum absolute atomic E-state index is 12.5. The number of esters is 1. The number of alkyl halides is 2. The molecule has 0 aliphatic heterocycles. The number of rotatable bonds is 3. The average molecular weight is 280 g/mol. The monoisotopic (exact) mass is 279 g/mol. The summed E-state index contributed by atoms with van der Waals surface area (Å²) < 4.78 is 29.5. The third-order valence-electron chi connectivity index (χ3n) is 1.77. The Balaban J connectivity index is 2.99. The van der Waals surface area contributed by atoms with Crippen LogP contribution in [0.4, 0.5) is 8.78 Å². The molecule has 0 unspecified atom stereocenters. The second-order valence-electron chi connectivity index (χ2n) is 2.71. The molecule has 1 heterocycles. The van der Waals surface area contributed by atoms with E-state index in [4.69, 9.17) is 0 Å². The molecule has 0 N–H and O–H groups in total. The first kappa shape index (κ1) is 12.0. The van der Waals surface area contributed by atoms with Crippen molar-refractivity contribution in [3.8, 4) is 0 Å². The van der Waals surface area contributed by atoms with Gasteiger partial charge in [-0.1, -0.05) is 0 Å². The minimum absolute atomic E-state index is 0.127. The summed E-state index contributed by atoms with van der Waals surface area (Å²) in [6, 6.07) is 1.20. The topological polar surface area (TPSA) is 39.2 Å². The fourth-order valence-electron chi connectivity index (χ4n) is 1.00. The van der Waals surface area contributed by atoms with Crippen molar-refractivity contribution in [3.05, 3.63) is 28.0 Å². The summed E-state index contributed by atoms with van der Waals surface area (Å²) in [7, 11) is 1.23. The van der Waals surface area contributed by atoms with E-state index in [1.165, 1.54) is 19.4 Å². The van der Waals surface area contributed by atoms with Crippen LogP contribution in [0.2, 0.25) is 0 Å². The van der Waals surface area contributed by atoms with Crippen LogP contribution < -0.4 is 0 Å². The van der Waals surface area contributed by atoms with Crippen molar-refractivity contribution in [3.63, 3.8) is 0 Å². The van der Waals surface area contributed by atoms with Crippen molar-refractivity contribution in [2.45, 2.75) is 12.8 Å². The van der Waals surface area contributed by atoms with Gasteiger partial charge in [-0.3, -0.25) is 9.78 Å². The molecule has 0 saturated heterocycles. The Kier molecular flexibility index (Phi) is 4.14. The van der Waals surface area contributed by atoms with E-state index in [0.717, 1.165) is 0 Å². The van der Waals surface area contributed by atoms with Crippen molar-refractivity contribution in [2.75, 3.05) is 7.11 Å². The van der Waals surface area contributed by atoms with Crippen LogP contribution in [0.25, 0.3) is 0 Å². The Morgan fingerprint density at radius 1 is 1.67 bits per heavy atom. The van der Waals surface area contributed by atoms with Gasteiger partial charge in [0.2, 0.25) is 0 Å². The van der Waals surface area contributed by atoms with Crippen LogP contribution in [0, 0.1) is 0 Å². The lowest BCUT2D eigenvalue weighted by atomic mass is 10.2. The molecular weight excluding hydrogens is 272 g/mol. The zero-order valence-electron chi connectivity index (χ0n) is 7.84. The number of pyridine rings is 1. The minimum atomic E-state index is -2.60. The molecule has 1 aromatic heterocycles. The summed E-state index contributed by atoms with van der Waals surface area (Å²) >= 11 is 2.99. The number of hydrogen-bond acceptors (Lipinski definition) is 3. The van der Waals surface area contributed by atoms with Crippen molar-refractivity contribution in [2.24, 2.45) is 0 Å². The van der Waals surface area contributed by atoms with E-state index in [9.17, 15) is 13.6 Å². The molecule has 1 aromatic rings. The predicted molar refractivity (Wildman–Crippen MR) is 52.6 cm³/mol. The zero-order valence-corrected chi connectivity index (χ0v) is 9.42. The summed E-state index contributed by atoms with van der Waals surface area (Å²) in [6.45, 7) is 0. The van der Waals surface area contributed by atoms with Gasteiger partial charge >= 0.3 is 5.97 Å². The van der Waals surface area contributed by atoms with Gasteiger partial charge in [0.25, 0.3) is 6.43 Å². The number of methoxy groups -OCH3 is 1. The molecule has 0 aromatic carbocycles. The molecule has 0 amide bonds. The Hall–Kier alpha value is -1.04. The molecule has 0 fully saturated rings. The van der Waals surface area contributed by atoms with Gasteiger partial charge in [0.1, 0.15) is 0 Å². The summed E-state index contributed by atoms with van der Waals surface area (Å²) in [6.07, 6.45) is -1.49. The van der Waals surface area contributed by atoms with Crippen LogP contribution in [0.5, 0.6) is 0 Å². The molecule has 0 saturated carbocycles. The Morgan fingerprint density at radius 2 is 2.33 bits per heavy atom. The molecule has 0 aliphatic carbocycles. The van der Waals surface area contributed by atoms with Gasteiger partial charge in [0.05, 0.1) is 19.2 Å². The zero-order chi connectivity index (χ0) is 11.4. The molecule has 0 bridgehead atoms. The Morgan fingerprint density at radius 3 is 2.87 bits per heavy atom. The van der Waals surface area contributed by atoms with E-state index in [0.29, 0.717) is 0 Å². The first-order chi connectivity index (χ1) is 7.06. The van der Waals surface area contributed by atoms with Gasteiger partial charge in [-0.2, -0.15) is 0 Å². The number of nitrogens with zero attached hydrogens (tertiary/aromatic N) is 1. The highest BCUT2D eigenvalue weighted by atomic mass is 79.9. The first-order valence-corrected chi connectivity index (χ1v) is 4.83. The maximum atomic E-state index is 12.5. The molecule has 0 radical (unpaired) electrons. The quantitative estimate of drug-likeness (QED) is 0.798. The van der Waals surface area contributed by atoms with E-state index in [1.54, 1.807) is 0 Å². The average Bonchev–Trinajstić information content (AvgIpc) is 2.20. The summed E-state index contributed by atoms with van der Waals surface area (Å²) in [5.41, 5.74) is 0.0727. The molecule has 82 valence electrons. The number of carbonyl (C=O) groups is 1. The second-order valence-corrected chi connectivity index (χ2v) is 3.51. The van der Waals surface area contributed by atoms with Gasteiger partial charge in [-0.25, -0.2) is 8.78 Å². The van der Waals surface area contributed by atoms with Gasteiger partial charge in [0, 0.05) is 16.2 Å². The molecule has 6 heteroatoms. The second kappa shape index (κ2) is 5.16. The Bertz CT molecular complexity index is 371. The van der Waals surface area contributed by atoms with Crippen molar-refractivity contribution in [1.82, 2.24) is 4.98 Å². The van der Waals surface area contributed by atoms with Gasteiger partial charge in [-0.05, 0) is 22.0 Å². The lowest BCUT2D eigenvalue weighted by molar-refractivity contribution is -0.139. The molecule has 3 nitrogen and oxygen atoms in total. The fourth-order valence-corrected chi connectivity index (χ4v) is 1.55. The van der Waals surface area contributed by atoms with E-state index >= 15 is 0 Å². The normalized spacial score (nSPS) is 10.5. The minimum Gasteiger partial charge on any atom is -0.469 e. The molecular formula is C9H8BrF2NO2. The largest absolute Gasteiger partial charge is 0.469 e. The highest BCUT2D eigenvalue weighted by molar-refractivity contribution is 9.10. The standard InChI is InChI=1S/C9H8BrF2NO2/c1-15-7(14)4-6-8(10)5(9(11)12)2-3-13-6/h2-3,9H,4H2,1H3. The number of halogens is 3. The number of carbonyl (C=O) groups excluding carboxylic acids is 1. The summed E-state index contributed by atoms with van der Waals surface area (Å²) in [5, 5.41) is 0. The predicted octanol–water partition coefficient (Wildman–Crippen LogP) is 2.50. The van der Waals surface area contributed by atoms with Gasteiger partial charge in [-0.15, -0.1) is 0 Å². The highest BCUT2D eigenvalue weighted by Gasteiger charge is 2.16. The van der Waals surface area contributed by atoms with Crippen LogP contribution in [-0.4, -0.2) is 18.1 Å². The SMILES string of the molecule is COC(=O)Cc1nccc(C(F)F)c1Br. The molecule has 15 heavy (non-hydrogen) atoms. The van der Waals surface area contributed by atoms with Crippen LogP contribution in [0.15, 0.2) is 16.7 Å². The smallest absolute Gasteiger partial charge is 0.311 e. The number of ether oxygens (including phenoxy) is 1. The van der Waals surface area contributed by atoms with Crippen molar-refractivity contribution >= 4 is 21.9 Å². The number of hydrogen-bond donors (Lipinski definition) is 0.